The van der Waals surface area contributed by atoms with Crippen LogP contribution < -0.4 is 5.32 Å². The van der Waals surface area contributed by atoms with Crippen molar-refractivity contribution in [3.63, 3.8) is 0 Å². The average molecular weight is 372 g/mol. The Morgan fingerprint density at radius 2 is 1.92 bits per heavy atom. The van der Waals surface area contributed by atoms with Gasteiger partial charge in [-0.15, -0.1) is 12.4 Å². The van der Waals surface area contributed by atoms with Gasteiger partial charge in [0.2, 0.25) is 11.8 Å². The first kappa shape index (κ1) is 19.0. The molecule has 2 saturated heterocycles. The molecule has 0 radical (unpaired) electrons. The maximum Gasteiger partial charge on any atom is 0.240 e. The van der Waals surface area contributed by atoms with Crippen molar-refractivity contribution in [3.8, 4) is 0 Å². The third-order valence-electron chi connectivity index (χ3n) is 4.54. The van der Waals surface area contributed by atoms with Gasteiger partial charge in [0.05, 0.1) is 12.5 Å². The Kier molecular flexibility index (Phi) is 6.90. The first-order chi connectivity index (χ1) is 11.1. The van der Waals surface area contributed by atoms with Gasteiger partial charge in [-0.1, -0.05) is 29.8 Å². The van der Waals surface area contributed by atoms with Crippen molar-refractivity contribution >= 4 is 35.8 Å². The molecule has 0 aliphatic carbocycles. The van der Waals surface area contributed by atoms with Gasteiger partial charge in [0.15, 0.2) is 0 Å². The summed E-state index contributed by atoms with van der Waals surface area (Å²) in [5.74, 6) is 0.0664. The maximum atomic E-state index is 12.6. The summed E-state index contributed by atoms with van der Waals surface area (Å²) < 4.78 is 0. The molecule has 0 saturated carbocycles. The number of hydrogen-bond acceptors (Lipinski definition) is 3. The molecule has 3 rings (SSSR count). The van der Waals surface area contributed by atoms with Gasteiger partial charge in [0.25, 0.3) is 0 Å². The van der Waals surface area contributed by atoms with Crippen LogP contribution in [-0.4, -0.2) is 53.8 Å². The van der Waals surface area contributed by atoms with Crippen molar-refractivity contribution < 1.29 is 9.59 Å². The van der Waals surface area contributed by atoms with Gasteiger partial charge in [-0.25, -0.2) is 0 Å². The van der Waals surface area contributed by atoms with Gasteiger partial charge in [0, 0.05) is 37.7 Å². The molecule has 1 aromatic carbocycles. The number of carbonyl (C=O) groups is 2. The summed E-state index contributed by atoms with van der Waals surface area (Å²) in [5.41, 5.74) is 0.939. The highest BCUT2D eigenvalue weighted by atomic mass is 35.5. The van der Waals surface area contributed by atoms with Crippen LogP contribution >= 0.6 is 24.0 Å². The number of nitrogens with one attached hydrogen (secondary N) is 1. The fourth-order valence-electron chi connectivity index (χ4n) is 3.21. The highest BCUT2D eigenvalue weighted by molar-refractivity contribution is 6.31. The highest BCUT2D eigenvalue weighted by Crippen LogP contribution is 2.19. The Hall–Kier alpha value is -1.30. The number of piperazine rings is 1. The minimum atomic E-state index is -0.417. The summed E-state index contributed by atoms with van der Waals surface area (Å²) >= 11 is 6.18. The van der Waals surface area contributed by atoms with E-state index >= 15 is 0 Å². The third-order valence-corrected chi connectivity index (χ3v) is 4.91. The quantitative estimate of drug-likeness (QED) is 0.881. The first-order valence-electron chi connectivity index (χ1n) is 8.18. The molecule has 24 heavy (non-hydrogen) atoms. The van der Waals surface area contributed by atoms with Crippen LogP contribution in [0.25, 0.3) is 0 Å². The van der Waals surface area contributed by atoms with E-state index in [-0.39, 0.29) is 30.6 Å². The van der Waals surface area contributed by atoms with Crippen molar-refractivity contribution in [3.05, 3.63) is 34.9 Å². The number of benzene rings is 1. The van der Waals surface area contributed by atoms with Crippen LogP contribution in [-0.2, 0) is 16.1 Å². The molecule has 2 amide bonds. The first-order valence-corrected chi connectivity index (χ1v) is 8.56. The summed E-state index contributed by atoms with van der Waals surface area (Å²) in [6.07, 6.45) is 2.38. The molecular formula is C17H23Cl2N3O2. The van der Waals surface area contributed by atoms with Crippen molar-refractivity contribution in [2.75, 3.05) is 26.2 Å². The number of carbonyl (C=O) groups excluding carboxylic acids is 2. The van der Waals surface area contributed by atoms with Gasteiger partial charge in [-0.3, -0.25) is 9.59 Å². The molecule has 2 aliphatic heterocycles. The fraction of sp³-hybridized carbons (Fsp3) is 0.529. The van der Waals surface area contributed by atoms with Gasteiger partial charge < -0.3 is 15.1 Å². The van der Waals surface area contributed by atoms with Crippen LogP contribution in [0.2, 0.25) is 5.02 Å². The van der Waals surface area contributed by atoms with Crippen molar-refractivity contribution in [2.24, 2.45) is 0 Å². The standard InChI is InChI=1S/C17H22ClN3O2.ClH/c18-14-6-2-1-5-13(14)12-21-10-7-19-15(17(21)23)11-16(22)20-8-3-4-9-20;/h1-2,5-6,15,19H,3-4,7-12H2;1H. The lowest BCUT2D eigenvalue weighted by Gasteiger charge is -2.33. The highest BCUT2D eigenvalue weighted by Gasteiger charge is 2.32. The zero-order valence-electron chi connectivity index (χ0n) is 13.5. The van der Waals surface area contributed by atoms with Gasteiger partial charge in [0.1, 0.15) is 0 Å². The molecule has 2 heterocycles. The summed E-state index contributed by atoms with van der Waals surface area (Å²) in [7, 11) is 0. The van der Waals surface area contributed by atoms with Crippen LogP contribution in [0, 0.1) is 0 Å². The molecule has 132 valence electrons. The third kappa shape index (κ3) is 4.41. The molecule has 0 spiro atoms. The number of hydrogen-bond donors (Lipinski definition) is 1. The Morgan fingerprint density at radius 1 is 1.21 bits per heavy atom. The predicted octanol–water partition coefficient (Wildman–Crippen LogP) is 2.07. The minimum Gasteiger partial charge on any atom is -0.343 e. The summed E-state index contributed by atoms with van der Waals surface area (Å²) in [6, 6.07) is 7.14. The van der Waals surface area contributed by atoms with Crippen LogP contribution in [0.15, 0.2) is 24.3 Å². The van der Waals surface area contributed by atoms with E-state index in [9.17, 15) is 9.59 Å². The van der Waals surface area contributed by atoms with E-state index in [2.05, 4.69) is 5.32 Å². The number of amides is 2. The van der Waals surface area contributed by atoms with E-state index in [0.717, 1.165) is 31.5 Å². The number of rotatable bonds is 4. The molecule has 2 aliphatic rings. The molecular weight excluding hydrogens is 349 g/mol. The normalized spacial score (nSPS) is 20.9. The van der Waals surface area contributed by atoms with Gasteiger partial charge in [-0.2, -0.15) is 0 Å². The largest absolute Gasteiger partial charge is 0.343 e. The van der Waals surface area contributed by atoms with Crippen molar-refractivity contribution in [1.29, 1.82) is 0 Å². The molecule has 1 atom stereocenters. The molecule has 7 heteroatoms. The summed E-state index contributed by atoms with van der Waals surface area (Å²) in [6.45, 7) is 3.48. The Morgan fingerprint density at radius 3 is 2.62 bits per heavy atom. The molecule has 2 fully saturated rings. The lowest BCUT2D eigenvalue weighted by atomic mass is 10.1. The average Bonchev–Trinajstić information content (AvgIpc) is 3.08. The Labute approximate surface area is 153 Å². The van der Waals surface area contributed by atoms with Crippen LogP contribution in [0.3, 0.4) is 0 Å². The summed E-state index contributed by atoms with van der Waals surface area (Å²) in [5, 5.41) is 3.85. The Bertz CT molecular complexity index is 591. The number of nitrogens with zero attached hydrogens (tertiary/aromatic N) is 2. The molecule has 1 aromatic rings. The Balaban J connectivity index is 0.00000208. The van der Waals surface area contributed by atoms with Gasteiger partial charge >= 0.3 is 0 Å². The lowest BCUT2D eigenvalue weighted by Crippen LogP contribution is -2.56. The van der Waals surface area contributed by atoms with E-state index in [0.29, 0.717) is 24.7 Å². The fourth-order valence-corrected chi connectivity index (χ4v) is 3.41. The second-order valence-corrected chi connectivity index (χ2v) is 6.56. The zero-order valence-corrected chi connectivity index (χ0v) is 15.1. The van der Waals surface area contributed by atoms with Gasteiger partial charge in [-0.05, 0) is 24.5 Å². The van der Waals surface area contributed by atoms with Crippen molar-refractivity contribution in [1.82, 2.24) is 15.1 Å². The molecule has 0 bridgehead atoms. The van der Waals surface area contributed by atoms with E-state index in [1.165, 1.54) is 0 Å². The molecule has 1 unspecified atom stereocenters. The number of halogens is 2. The molecule has 5 nitrogen and oxygen atoms in total. The van der Waals surface area contributed by atoms with Crippen molar-refractivity contribution in [2.45, 2.75) is 31.8 Å². The maximum absolute atomic E-state index is 12.6. The van der Waals surface area contributed by atoms with E-state index in [4.69, 9.17) is 11.6 Å². The smallest absolute Gasteiger partial charge is 0.240 e. The topological polar surface area (TPSA) is 52.7 Å². The van der Waals surface area contributed by atoms with Crippen LogP contribution in [0.5, 0.6) is 0 Å². The van der Waals surface area contributed by atoms with E-state index < -0.39 is 6.04 Å². The predicted molar refractivity (Wildman–Crippen MR) is 96.3 cm³/mol. The van der Waals surface area contributed by atoms with Crippen LogP contribution in [0.4, 0.5) is 0 Å². The minimum absolute atomic E-state index is 0. The molecule has 0 aromatic heterocycles. The SMILES string of the molecule is Cl.O=C(CC1NCCN(Cc2ccccc2Cl)C1=O)N1CCCC1. The zero-order chi connectivity index (χ0) is 16.2. The lowest BCUT2D eigenvalue weighted by molar-refractivity contribution is -0.141. The van der Waals surface area contributed by atoms with E-state index in [1.54, 1.807) is 4.90 Å². The second kappa shape index (κ2) is 8.70. The van der Waals surface area contributed by atoms with E-state index in [1.807, 2.05) is 29.2 Å². The summed E-state index contributed by atoms with van der Waals surface area (Å²) in [4.78, 5) is 28.6. The molecule has 1 N–H and O–H groups in total. The monoisotopic (exact) mass is 371 g/mol. The number of likely N-dealkylation sites (tertiary alicyclic amines) is 1. The second-order valence-electron chi connectivity index (χ2n) is 6.15. The van der Waals surface area contributed by atoms with Crippen LogP contribution in [0.1, 0.15) is 24.8 Å².